The number of aryl methyl sites for hydroxylation is 4. The van der Waals surface area contributed by atoms with Crippen molar-refractivity contribution in [1.82, 2.24) is 14.8 Å². The fourth-order valence-electron chi connectivity index (χ4n) is 4.80. The van der Waals surface area contributed by atoms with E-state index >= 15 is 0 Å². The predicted molar refractivity (Wildman–Crippen MR) is 123 cm³/mol. The molecule has 1 aromatic carbocycles. The fraction of sp³-hybridized carbons (Fsp3) is 0.375. The summed E-state index contributed by atoms with van der Waals surface area (Å²) in [6, 6.07) is 6.23. The lowest BCUT2D eigenvalue weighted by atomic mass is 9.88. The molecule has 1 N–H and O–H groups in total. The van der Waals surface area contributed by atoms with Gasteiger partial charge in [-0.25, -0.2) is 9.78 Å². The number of hydrogen-bond donors (Lipinski definition) is 1. The molecule has 1 aliphatic carbocycles. The first-order valence-corrected chi connectivity index (χ1v) is 11.5. The van der Waals surface area contributed by atoms with E-state index in [1.54, 1.807) is 11.3 Å². The van der Waals surface area contributed by atoms with Crippen LogP contribution in [0, 0.1) is 6.92 Å². The quantitative estimate of drug-likeness (QED) is 0.466. The molecule has 1 aliphatic rings. The molecule has 4 aromatic rings. The molecule has 1 atom stereocenters. The summed E-state index contributed by atoms with van der Waals surface area (Å²) >= 11 is 1.76. The fourth-order valence-corrected chi connectivity index (χ4v) is 6.12. The van der Waals surface area contributed by atoms with E-state index < -0.39 is 12.1 Å². The molecule has 0 saturated carbocycles. The highest BCUT2D eigenvalue weighted by atomic mass is 32.1. The monoisotopic (exact) mass is 435 g/mol. The van der Waals surface area contributed by atoms with E-state index in [1.165, 1.54) is 16.9 Å². The molecule has 7 heteroatoms. The molecule has 0 fully saturated rings. The first kappa shape index (κ1) is 20.2. The predicted octanol–water partition coefficient (Wildman–Crippen LogP) is 5.20. The lowest BCUT2D eigenvalue weighted by Crippen LogP contribution is -2.18. The first-order valence-electron chi connectivity index (χ1n) is 10.7. The number of carbonyl (C=O) groups is 1. The number of pyridine rings is 1. The van der Waals surface area contributed by atoms with Crippen LogP contribution in [-0.4, -0.2) is 32.4 Å². The lowest BCUT2D eigenvalue weighted by molar-refractivity contribution is -0.150. The Labute approximate surface area is 184 Å². The van der Waals surface area contributed by atoms with E-state index in [2.05, 4.69) is 23.3 Å². The summed E-state index contributed by atoms with van der Waals surface area (Å²) < 4.78 is 7.59. The minimum absolute atomic E-state index is 0.317. The Morgan fingerprint density at radius 3 is 2.90 bits per heavy atom. The second-order valence-corrected chi connectivity index (χ2v) is 9.18. The summed E-state index contributed by atoms with van der Waals surface area (Å²) in [5, 5.41) is 16.5. The molecular formula is C24H25N3O3S. The van der Waals surface area contributed by atoms with Gasteiger partial charge in [0.1, 0.15) is 4.83 Å². The molecule has 31 heavy (non-hydrogen) atoms. The van der Waals surface area contributed by atoms with Crippen LogP contribution < -0.4 is 0 Å². The number of rotatable bonds is 5. The van der Waals surface area contributed by atoms with Gasteiger partial charge in [0.25, 0.3) is 0 Å². The van der Waals surface area contributed by atoms with Crippen LogP contribution in [0.5, 0.6) is 0 Å². The van der Waals surface area contributed by atoms with E-state index in [4.69, 9.17) is 9.72 Å². The third-order valence-electron chi connectivity index (χ3n) is 6.19. The Morgan fingerprint density at radius 1 is 1.32 bits per heavy atom. The maximum absolute atomic E-state index is 12.2. The van der Waals surface area contributed by atoms with Gasteiger partial charge in [-0.05, 0) is 62.8 Å². The third kappa shape index (κ3) is 3.23. The van der Waals surface area contributed by atoms with Crippen LogP contribution in [0.15, 0.2) is 24.4 Å². The van der Waals surface area contributed by atoms with E-state index in [9.17, 15) is 9.90 Å². The van der Waals surface area contributed by atoms with Gasteiger partial charge < -0.3 is 9.84 Å². The minimum atomic E-state index is -1.05. The Balaban J connectivity index is 1.88. The van der Waals surface area contributed by atoms with E-state index in [0.717, 1.165) is 51.5 Å². The molecule has 1 unspecified atom stereocenters. The van der Waals surface area contributed by atoms with Gasteiger partial charge in [-0.15, -0.1) is 11.3 Å². The highest BCUT2D eigenvalue weighted by Crippen LogP contribution is 2.45. The largest absolute Gasteiger partial charge is 0.479 e. The normalized spacial score (nSPS) is 14.8. The molecule has 0 bridgehead atoms. The maximum Gasteiger partial charge on any atom is 0.337 e. The average Bonchev–Trinajstić information content (AvgIpc) is 3.31. The summed E-state index contributed by atoms with van der Waals surface area (Å²) in [5.41, 5.74) is 5.70. The van der Waals surface area contributed by atoms with Crippen LogP contribution in [-0.2, 0) is 29.4 Å². The number of benzene rings is 1. The highest BCUT2D eigenvalue weighted by Gasteiger charge is 2.31. The number of aliphatic carboxylic acids is 1. The molecule has 6 nitrogen and oxygen atoms in total. The summed E-state index contributed by atoms with van der Waals surface area (Å²) in [5.74, 6) is -0.987. The topological polar surface area (TPSA) is 77.2 Å². The lowest BCUT2D eigenvalue weighted by Gasteiger charge is -2.21. The van der Waals surface area contributed by atoms with Crippen LogP contribution in [0.25, 0.3) is 32.2 Å². The van der Waals surface area contributed by atoms with E-state index in [1.807, 2.05) is 31.8 Å². The number of aromatic nitrogens is 3. The maximum atomic E-state index is 12.2. The smallest absolute Gasteiger partial charge is 0.337 e. The van der Waals surface area contributed by atoms with Crippen LogP contribution in [0.3, 0.4) is 0 Å². The average molecular weight is 436 g/mol. The molecule has 160 valence electrons. The molecule has 3 aromatic heterocycles. The van der Waals surface area contributed by atoms with Crippen molar-refractivity contribution < 1.29 is 14.6 Å². The number of nitrogens with zero attached hydrogens (tertiary/aromatic N) is 3. The Kier molecular flexibility index (Phi) is 5.02. The van der Waals surface area contributed by atoms with Crippen molar-refractivity contribution in [2.75, 3.05) is 6.61 Å². The van der Waals surface area contributed by atoms with Crippen molar-refractivity contribution in [3.63, 3.8) is 0 Å². The molecule has 0 aliphatic heterocycles. The molecule has 3 heterocycles. The number of hydrogen-bond acceptors (Lipinski definition) is 5. The Morgan fingerprint density at radius 2 is 2.13 bits per heavy atom. The summed E-state index contributed by atoms with van der Waals surface area (Å²) in [6.07, 6.45) is 5.22. The number of carboxylic acids is 1. The van der Waals surface area contributed by atoms with Crippen molar-refractivity contribution in [1.29, 1.82) is 0 Å². The zero-order valence-corrected chi connectivity index (χ0v) is 18.8. The van der Waals surface area contributed by atoms with Crippen LogP contribution in [0.4, 0.5) is 0 Å². The zero-order valence-electron chi connectivity index (χ0n) is 17.9. The van der Waals surface area contributed by atoms with E-state index in [-0.39, 0.29) is 0 Å². The SMILES string of the molecule is CCOC(C(=O)O)c1c(C)nc2sc3c(c2c1-c1ccc2c(cnn2C)c1)CCCC3. The van der Waals surface area contributed by atoms with Crippen molar-refractivity contribution in [2.45, 2.75) is 45.6 Å². The van der Waals surface area contributed by atoms with Crippen molar-refractivity contribution >= 4 is 38.4 Å². The number of carboxylic acid groups (broad SMARTS) is 1. The standard InChI is InChI=1S/C24H25N3O3S/c1-4-30-22(24(28)29)19-13(2)26-23-21(16-7-5-6-8-18(16)31-23)20(19)14-9-10-17-15(11-14)12-25-27(17)3/h9-12,22H,4-8H2,1-3H3,(H,28,29). The van der Waals surface area contributed by atoms with E-state index in [0.29, 0.717) is 17.9 Å². The van der Waals surface area contributed by atoms with Gasteiger partial charge in [0.05, 0.1) is 11.7 Å². The summed E-state index contributed by atoms with van der Waals surface area (Å²) in [7, 11) is 1.92. The first-order chi connectivity index (χ1) is 15.0. The van der Waals surface area contributed by atoms with Crippen molar-refractivity contribution in [2.24, 2.45) is 7.05 Å². The van der Waals surface area contributed by atoms with Gasteiger partial charge in [-0.3, -0.25) is 4.68 Å². The van der Waals surface area contributed by atoms with Crippen molar-refractivity contribution in [3.8, 4) is 11.1 Å². The third-order valence-corrected chi connectivity index (χ3v) is 7.37. The molecule has 5 rings (SSSR count). The molecule has 0 radical (unpaired) electrons. The second-order valence-electron chi connectivity index (χ2n) is 8.09. The summed E-state index contributed by atoms with van der Waals surface area (Å²) in [6.45, 7) is 4.04. The Hall–Kier alpha value is -2.77. The zero-order chi connectivity index (χ0) is 21.7. The minimum Gasteiger partial charge on any atom is -0.479 e. The van der Waals surface area contributed by atoms with Gasteiger partial charge in [0.15, 0.2) is 6.10 Å². The number of thiophene rings is 1. The van der Waals surface area contributed by atoms with Gasteiger partial charge >= 0.3 is 5.97 Å². The van der Waals surface area contributed by atoms with Gasteiger partial charge in [-0.2, -0.15) is 5.10 Å². The van der Waals surface area contributed by atoms with Crippen molar-refractivity contribution in [3.05, 3.63) is 46.1 Å². The molecule has 0 saturated heterocycles. The van der Waals surface area contributed by atoms with Crippen LogP contribution >= 0.6 is 11.3 Å². The number of ether oxygens (including phenoxy) is 1. The number of fused-ring (bicyclic) bond motifs is 4. The van der Waals surface area contributed by atoms with Gasteiger partial charge in [0, 0.05) is 46.1 Å². The Bertz CT molecular complexity index is 1320. The summed E-state index contributed by atoms with van der Waals surface area (Å²) in [4.78, 5) is 19.5. The highest BCUT2D eigenvalue weighted by molar-refractivity contribution is 7.19. The van der Waals surface area contributed by atoms with Gasteiger partial charge in [0.2, 0.25) is 0 Å². The molecule has 0 spiro atoms. The van der Waals surface area contributed by atoms with Crippen LogP contribution in [0.2, 0.25) is 0 Å². The molecule has 0 amide bonds. The second kappa shape index (κ2) is 7.73. The molecular weight excluding hydrogens is 410 g/mol. The van der Waals surface area contributed by atoms with Gasteiger partial charge in [-0.1, -0.05) is 6.07 Å². The van der Waals surface area contributed by atoms with Crippen LogP contribution in [0.1, 0.15) is 47.6 Å².